The molecular weight excluding hydrogens is 338 g/mol. The van der Waals surface area contributed by atoms with Gasteiger partial charge in [0.1, 0.15) is 17.3 Å². The molecule has 134 valence electrons. The highest BCUT2D eigenvalue weighted by molar-refractivity contribution is 6.19. The average Bonchev–Trinajstić information content (AvgIpc) is 2.98. The number of hydrogen-bond donors (Lipinski definition) is 1. The van der Waals surface area contributed by atoms with Gasteiger partial charge < -0.3 is 10.1 Å². The van der Waals surface area contributed by atoms with Gasteiger partial charge in [0.05, 0.1) is 7.11 Å². The molecule has 1 amide bonds. The summed E-state index contributed by atoms with van der Waals surface area (Å²) < 4.78 is 31.9. The maximum absolute atomic E-state index is 13.4. The Morgan fingerprint density at radius 3 is 2.54 bits per heavy atom. The van der Waals surface area contributed by atoms with Gasteiger partial charge in [0.2, 0.25) is 0 Å². The van der Waals surface area contributed by atoms with Gasteiger partial charge in [-0.3, -0.25) is 4.79 Å². The number of halogens is 2. The van der Waals surface area contributed by atoms with E-state index in [9.17, 15) is 13.6 Å². The number of carbonyl (C=O) groups is 1. The highest BCUT2D eigenvalue weighted by atomic mass is 19.2. The van der Waals surface area contributed by atoms with Crippen LogP contribution in [0.5, 0.6) is 5.75 Å². The van der Waals surface area contributed by atoms with E-state index in [-0.39, 0.29) is 11.5 Å². The second-order valence-corrected chi connectivity index (χ2v) is 6.23. The summed E-state index contributed by atoms with van der Waals surface area (Å²) in [5.74, 6) is -1.25. The minimum Gasteiger partial charge on any atom is -0.496 e. The number of ether oxygens (including phenoxy) is 1. The molecule has 0 spiro atoms. The van der Waals surface area contributed by atoms with Crippen LogP contribution in [0, 0.1) is 11.6 Å². The van der Waals surface area contributed by atoms with E-state index in [0.717, 1.165) is 23.3 Å². The van der Waals surface area contributed by atoms with Crippen LogP contribution in [-0.2, 0) is 4.79 Å². The molecule has 0 fully saturated rings. The second kappa shape index (κ2) is 7.07. The van der Waals surface area contributed by atoms with Crippen molar-refractivity contribution in [3.8, 4) is 5.75 Å². The number of benzene rings is 2. The second-order valence-electron chi connectivity index (χ2n) is 6.23. The lowest BCUT2D eigenvalue weighted by Crippen LogP contribution is -2.24. The zero-order valence-electron chi connectivity index (χ0n) is 14.6. The Morgan fingerprint density at radius 2 is 1.88 bits per heavy atom. The molecule has 0 aliphatic carbocycles. The SMILES string of the molecule is COc1ccc(C(C)C)cc1/C=C1\N=C(c2ccc(F)c(F)c2)NC1=O. The lowest BCUT2D eigenvalue weighted by atomic mass is 10.00. The lowest BCUT2D eigenvalue weighted by Gasteiger charge is -2.10. The Labute approximate surface area is 150 Å². The molecule has 3 rings (SSSR count). The highest BCUT2D eigenvalue weighted by Crippen LogP contribution is 2.27. The van der Waals surface area contributed by atoms with Gasteiger partial charge in [-0.15, -0.1) is 0 Å². The maximum atomic E-state index is 13.4. The van der Waals surface area contributed by atoms with Crippen molar-refractivity contribution in [1.82, 2.24) is 5.32 Å². The highest BCUT2D eigenvalue weighted by Gasteiger charge is 2.22. The summed E-state index contributed by atoms with van der Waals surface area (Å²) in [6, 6.07) is 9.10. The Balaban J connectivity index is 2.01. The molecule has 0 bridgehead atoms. The third-order valence-electron chi connectivity index (χ3n) is 4.10. The molecule has 4 nitrogen and oxygen atoms in total. The van der Waals surface area contributed by atoms with E-state index in [1.807, 2.05) is 18.2 Å². The van der Waals surface area contributed by atoms with Crippen LogP contribution in [0.15, 0.2) is 47.1 Å². The zero-order chi connectivity index (χ0) is 18.8. The number of hydrogen-bond acceptors (Lipinski definition) is 3. The molecule has 1 N–H and O–H groups in total. The van der Waals surface area contributed by atoms with E-state index >= 15 is 0 Å². The summed E-state index contributed by atoms with van der Waals surface area (Å²) in [6.45, 7) is 4.14. The van der Waals surface area contributed by atoms with Crippen LogP contribution in [0.3, 0.4) is 0 Å². The van der Waals surface area contributed by atoms with Crippen LogP contribution in [0.2, 0.25) is 0 Å². The molecular formula is C20H18F2N2O2. The van der Waals surface area contributed by atoms with E-state index in [4.69, 9.17) is 4.74 Å². The van der Waals surface area contributed by atoms with Crippen molar-refractivity contribution in [1.29, 1.82) is 0 Å². The minimum absolute atomic E-state index is 0.170. The van der Waals surface area contributed by atoms with E-state index in [2.05, 4.69) is 24.2 Å². The topological polar surface area (TPSA) is 50.7 Å². The van der Waals surface area contributed by atoms with Gasteiger partial charge in [-0.25, -0.2) is 13.8 Å². The summed E-state index contributed by atoms with van der Waals surface area (Å²) in [6.07, 6.45) is 1.62. The van der Waals surface area contributed by atoms with Gasteiger partial charge in [0.15, 0.2) is 11.6 Å². The van der Waals surface area contributed by atoms with Gasteiger partial charge in [-0.1, -0.05) is 19.9 Å². The summed E-state index contributed by atoms with van der Waals surface area (Å²) in [5.41, 5.74) is 2.28. The quantitative estimate of drug-likeness (QED) is 0.842. The number of amides is 1. The monoisotopic (exact) mass is 356 g/mol. The van der Waals surface area contributed by atoms with Crippen molar-refractivity contribution in [2.75, 3.05) is 7.11 Å². The normalized spacial score (nSPS) is 15.4. The Bertz CT molecular complexity index is 933. The summed E-state index contributed by atoms with van der Waals surface area (Å²) >= 11 is 0. The van der Waals surface area contributed by atoms with Crippen molar-refractivity contribution in [2.45, 2.75) is 19.8 Å². The molecule has 0 radical (unpaired) electrons. The Morgan fingerprint density at radius 1 is 1.12 bits per heavy atom. The predicted octanol–water partition coefficient (Wildman–Crippen LogP) is 4.01. The molecule has 2 aromatic rings. The number of rotatable bonds is 4. The number of amidine groups is 1. The molecule has 1 aliphatic heterocycles. The lowest BCUT2D eigenvalue weighted by molar-refractivity contribution is -0.115. The van der Waals surface area contributed by atoms with Crippen LogP contribution in [0.25, 0.3) is 6.08 Å². The minimum atomic E-state index is -0.997. The summed E-state index contributed by atoms with van der Waals surface area (Å²) in [7, 11) is 1.55. The van der Waals surface area contributed by atoms with E-state index < -0.39 is 17.5 Å². The number of aliphatic imine (C=N–C) groups is 1. The largest absolute Gasteiger partial charge is 0.496 e. The van der Waals surface area contributed by atoms with Crippen molar-refractivity contribution < 1.29 is 18.3 Å². The van der Waals surface area contributed by atoms with Gasteiger partial charge in [0.25, 0.3) is 5.91 Å². The molecule has 0 unspecified atom stereocenters. The summed E-state index contributed by atoms with van der Waals surface area (Å²) in [4.78, 5) is 16.5. The standard InChI is InChI=1S/C20H18F2N2O2/c1-11(2)12-5-7-18(26-3)14(8-12)10-17-20(25)24-19(23-17)13-4-6-15(21)16(22)9-13/h4-11H,1-3H3,(H,23,24,25)/b17-10-. The Hall–Kier alpha value is -3.02. The maximum Gasteiger partial charge on any atom is 0.275 e. The Kier molecular flexibility index (Phi) is 4.84. The molecule has 0 aromatic heterocycles. The third kappa shape index (κ3) is 3.49. The molecule has 0 saturated heterocycles. The fourth-order valence-electron chi connectivity index (χ4n) is 2.62. The van der Waals surface area contributed by atoms with Crippen molar-refractivity contribution in [3.63, 3.8) is 0 Å². The number of nitrogens with zero attached hydrogens (tertiary/aromatic N) is 1. The van der Waals surface area contributed by atoms with Gasteiger partial charge >= 0.3 is 0 Å². The number of carbonyl (C=O) groups excluding carboxylic acids is 1. The van der Waals surface area contributed by atoms with Crippen LogP contribution in [0.1, 0.15) is 36.5 Å². The number of nitrogens with one attached hydrogen (secondary N) is 1. The zero-order valence-corrected chi connectivity index (χ0v) is 14.6. The third-order valence-corrected chi connectivity index (χ3v) is 4.10. The fraction of sp³-hybridized carbons (Fsp3) is 0.200. The first-order chi connectivity index (χ1) is 12.4. The van der Waals surface area contributed by atoms with Crippen LogP contribution >= 0.6 is 0 Å². The molecule has 1 aliphatic rings. The molecule has 0 saturated carbocycles. The molecule has 0 atom stereocenters. The van der Waals surface area contributed by atoms with Crippen molar-refractivity contribution >= 4 is 17.8 Å². The smallest absolute Gasteiger partial charge is 0.275 e. The first-order valence-corrected chi connectivity index (χ1v) is 8.14. The van der Waals surface area contributed by atoms with Crippen LogP contribution in [0.4, 0.5) is 8.78 Å². The van der Waals surface area contributed by atoms with Gasteiger partial charge in [-0.2, -0.15) is 0 Å². The van der Waals surface area contributed by atoms with Crippen LogP contribution < -0.4 is 10.1 Å². The van der Waals surface area contributed by atoms with Crippen molar-refractivity contribution in [2.24, 2.45) is 4.99 Å². The van der Waals surface area contributed by atoms with E-state index in [1.54, 1.807) is 13.2 Å². The first kappa shape index (κ1) is 17.8. The average molecular weight is 356 g/mol. The van der Waals surface area contributed by atoms with E-state index in [0.29, 0.717) is 17.2 Å². The molecule has 26 heavy (non-hydrogen) atoms. The predicted molar refractivity (Wildman–Crippen MR) is 96.1 cm³/mol. The molecule has 2 aromatic carbocycles. The summed E-state index contributed by atoms with van der Waals surface area (Å²) in [5, 5.41) is 2.57. The van der Waals surface area contributed by atoms with Gasteiger partial charge in [0, 0.05) is 11.1 Å². The van der Waals surface area contributed by atoms with Gasteiger partial charge in [-0.05, 0) is 47.9 Å². The number of methoxy groups -OCH3 is 1. The molecule has 6 heteroatoms. The fourth-order valence-corrected chi connectivity index (χ4v) is 2.62. The van der Waals surface area contributed by atoms with Crippen LogP contribution in [-0.4, -0.2) is 18.9 Å². The molecule has 1 heterocycles. The van der Waals surface area contributed by atoms with Crippen molar-refractivity contribution in [3.05, 3.63) is 70.4 Å². The first-order valence-electron chi connectivity index (χ1n) is 8.14. The van der Waals surface area contributed by atoms with E-state index in [1.165, 1.54) is 6.07 Å².